The van der Waals surface area contributed by atoms with Crippen molar-refractivity contribution in [1.82, 2.24) is 4.57 Å². The Morgan fingerprint density at radius 2 is 0.925 bits per heavy atom. The van der Waals surface area contributed by atoms with Crippen LogP contribution in [0.5, 0.6) is 0 Å². The van der Waals surface area contributed by atoms with Gasteiger partial charge in [0, 0.05) is 38.8 Å². The minimum Gasteiger partial charge on any atom is -0.310 e. The van der Waals surface area contributed by atoms with Gasteiger partial charge in [-0.3, -0.25) is 0 Å². The fourth-order valence-electron chi connectivity index (χ4n) is 11.3. The molecule has 0 amide bonds. The van der Waals surface area contributed by atoms with E-state index in [1.165, 1.54) is 93.4 Å². The van der Waals surface area contributed by atoms with E-state index < -0.39 is 0 Å². The van der Waals surface area contributed by atoms with Crippen LogP contribution in [-0.4, -0.2) is 4.57 Å². The molecule has 1 heterocycles. The van der Waals surface area contributed by atoms with Crippen molar-refractivity contribution in [3.8, 4) is 50.2 Å². The highest BCUT2D eigenvalue weighted by Crippen LogP contribution is 2.54. The highest BCUT2D eigenvalue weighted by Gasteiger charge is 2.38. The van der Waals surface area contributed by atoms with Crippen LogP contribution in [0.1, 0.15) is 25.0 Å². The smallest absolute Gasteiger partial charge is 0.0541 e. The van der Waals surface area contributed by atoms with E-state index in [1.54, 1.807) is 0 Å². The van der Waals surface area contributed by atoms with E-state index in [1.807, 2.05) is 0 Å². The van der Waals surface area contributed by atoms with Crippen molar-refractivity contribution < 1.29 is 0 Å². The Bertz CT molecular complexity index is 3910. The van der Waals surface area contributed by atoms with Crippen LogP contribution in [0.4, 0.5) is 17.1 Å². The zero-order valence-corrected chi connectivity index (χ0v) is 37.5. The third kappa shape index (κ3) is 6.18. The third-order valence-corrected chi connectivity index (χ3v) is 14.3. The average Bonchev–Trinajstić information content (AvgIpc) is 3.84. The fourth-order valence-corrected chi connectivity index (χ4v) is 11.3. The molecule has 0 spiro atoms. The fraction of sp³-hybridized carbons (Fsp3) is 0.0462. The van der Waals surface area contributed by atoms with E-state index in [4.69, 9.17) is 0 Å². The quantitative estimate of drug-likeness (QED) is 0.145. The number of benzene rings is 11. The van der Waals surface area contributed by atoms with Gasteiger partial charge in [0.15, 0.2) is 0 Å². The summed E-state index contributed by atoms with van der Waals surface area (Å²) < 4.78 is 2.38. The highest BCUT2D eigenvalue weighted by molar-refractivity contribution is 6.13. The van der Waals surface area contributed by atoms with Crippen molar-refractivity contribution in [2.75, 3.05) is 4.90 Å². The Kier molecular flexibility index (Phi) is 8.91. The summed E-state index contributed by atoms with van der Waals surface area (Å²) in [6, 6.07) is 89.5. The molecule has 12 aromatic rings. The lowest BCUT2D eigenvalue weighted by atomic mass is 9.78. The van der Waals surface area contributed by atoms with Gasteiger partial charge in [0.25, 0.3) is 0 Å². The molecule has 1 aliphatic rings. The van der Waals surface area contributed by atoms with Crippen molar-refractivity contribution in [3.63, 3.8) is 0 Å². The van der Waals surface area contributed by atoms with Gasteiger partial charge in [-0.2, -0.15) is 0 Å². The van der Waals surface area contributed by atoms with Crippen LogP contribution in [0.25, 0.3) is 93.5 Å². The lowest BCUT2D eigenvalue weighted by Gasteiger charge is -2.30. The number of hydrogen-bond donors (Lipinski definition) is 0. The van der Waals surface area contributed by atoms with Crippen LogP contribution < -0.4 is 4.90 Å². The lowest BCUT2D eigenvalue weighted by Crippen LogP contribution is -2.17. The second-order valence-electron chi connectivity index (χ2n) is 18.5. The summed E-state index contributed by atoms with van der Waals surface area (Å²) in [5.41, 5.74) is 19.3. The maximum absolute atomic E-state index is 2.48. The van der Waals surface area contributed by atoms with Gasteiger partial charge in [-0.05, 0) is 132 Å². The molecule has 0 N–H and O–H groups in total. The number of aromatic nitrogens is 1. The minimum atomic E-state index is -0.179. The second-order valence-corrected chi connectivity index (χ2v) is 18.5. The topological polar surface area (TPSA) is 8.17 Å². The number of para-hydroxylation sites is 3. The van der Waals surface area contributed by atoms with E-state index in [9.17, 15) is 0 Å². The monoisotopic (exact) mass is 854 g/mol. The molecule has 2 heteroatoms. The predicted octanol–water partition coefficient (Wildman–Crippen LogP) is 17.9. The molecule has 0 bridgehead atoms. The summed E-state index contributed by atoms with van der Waals surface area (Å²) in [7, 11) is 0. The van der Waals surface area contributed by atoms with E-state index in [0.29, 0.717) is 0 Å². The van der Waals surface area contributed by atoms with E-state index in [-0.39, 0.29) is 5.41 Å². The molecular weight excluding hydrogens is 809 g/mol. The number of fused-ring (bicyclic) bond motifs is 9. The maximum atomic E-state index is 2.48. The van der Waals surface area contributed by atoms with Crippen LogP contribution in [0, 0.1) is 0 Å². The molecule has 0 unspecified atom stereocenters. The summed E-state index contributed by atoms with van der Waals surface area (Å²) in [4.78, 5) is 2.48. The molecule has 13 rings (SSSR count). The molecule has 1 aliphatic carbocycles. The summed E-state index contributed by atoms with van der Waals surface area (Å²) in [5, 5.41) is 7.52. The molecule has 11 aromatic carbocycles. The van der Waals surface area contributed by atoms with Crippen LogP contribution in [0.2, 0.25) is 0 Å². The molecule has 0 atom stereocenters. The number of anilines is 3. The van der Waals surface area contributed by atoms with E-state index in [0.717, 1.165) is 28.3 Å². The van der Waals surface area contributed by atoms with Gasteiger partial charge in [0.1, 0.15) is 0 Å². The van der Waals surface area contributed by atoms with Gasteiger partial charge < -0.3 is 9.47 Å². The minimum absolute atomic E-state index is 0.179. The maximum Gasteiger partial charge on any atom is 0.0541 e. The normalized spacial score (nSPS) is 12.7. The highest BCUT2D eigenvalue weighted by atomic mass is 15.1. The molecule has 316 valence electrons. The van der Waals surface area contributed by atoms with Gasteiger partial charge in [0.2, 0.25) is 0 Å². The Labute approximate surface area is 391 Å². The van der Waals surface area contributed by atoms with Gasteiger partial charge in [-0.15, -0.1) is 0 Å². The zero-order chi connectivity index (χ0) is 44.6. The van der Waals surface area contributed by atoms with Gasteiger partial charge in [0.05, 0.1) is 16.7 Å². The average molecular weight is 855 g/mol. The molecule has 1 aromatic heterocycles. The second kappa shape index (κ2) is 15.3. The number of rotatable bonds is 7. The van der Waals surface area contributed by atoms with Gasteiger partial charge in [-0.25, -0.2) is 0 Å². The largest absolute Gasteiger partial charge is 0.310 e. The van der Waals surface area contributed by atoms with Crippen LogP contribution >= 0.6 is 0 Å². The standard InChI is InChI=1S/C65H46N2/c1-65(2)60-33-11-8-26-54(60)57-31-17-32-58(64(57)65)55-27-9-12-34-61(55)66(49-24-15-20-46(41-49)51-29-16-30-52-50-25-7-6-18-43(50)36-38-53(51)52)48-23-14-19-44(40-48)45-37-39-63-59(42-45)56-28-10-13-35-62(56)67(63)47-21-4-3-5-22-47/h3-42H,1-2H3. The van der Waals surface area contributed by atoms with Crippen molar-refractivity contribution in [2.24, 2.45) is 0 Å². The SMILES string of the molecule is CC1(C)c2ccccc2-c2cccc(-c3ccccc3N(c3cccc(-c4ccc5c(c4)c4ccccc4n5-c4ccccc4)c3)c3cccc(-c4cccc5c4ccc4ccccc45)c3)c21. The lowest BCUT2D eigenvalue weighted by molar-refractivity contribution is 0.662. The number of hydrogen-bond acceptors (Lipinski definition) is 1. The first kappa shape index (κ1) is 39.0. The molecule has 0 saturated carbocycles. The summed E-state index contributed by atoms with van der Waals surface area (Å²) in [6.45, 7) is 4.77. The molecule has 0 saturated heterocycles. The Hall–Kier alpha value is -8.46. The molecule has 0 aliphatic heterocycles. The Morgan fingerprint density at radius 1 is 0.343 bits per heavy atom. The molecular formula is C65H46N2. The zero-order valence-electron chi connectivity index (χ0n) is 37.5. The van der Waals surface area contributed by atoms with Crippen molar-refractivity contribution in [3.05, 3.63) is 254 Å². The molecule has 0 radical (unpaired) electrons. The van der Waals surface area contributed by atoms with Crippen LogP contribution in [-0.2, 0) is 5.41 Å². The molecule has 67 heavy (non-hydrogen) atoms. The van der Waals surface area contributed by atoms with Crippen molar-refractivity contribution in [2.45, 2.75) is 19.3 Å². The van der Waals surface area contributed by atoms with Crippen LogP contribution in [0.3, 0.4) is 0 Å². The van der Waals surface area contributed by atoms with E-state index in [2.05, 4.69) is 266 Å². The Balaban J connectivity index is 1.01. The first-order valence-corrected chi connectivity index (χ1v) is 23.3. The molecule has 2 nitrogen and oxygen atoms in total. The summed E-state index contributed by atoms with van der Waals surface area (Å²) >= 11 is 0. The first-order valence-electron chi connectivity index (χ1n) is 23.3. The Morgan fingerprint density at radius 3 is 1.78 bits per heavy atom. The van der Waals surface area contributed by atoms with Gasteiger partial charge >= 0.3 is 0 Å². The first-order chi connectivity index (χ1) is 33.0. The van der Waals surface area contributed by atoms with Crippen molar-refractivity contribution >= 4 is 60.4 Å². The van der Waals surface area contributed by atoms with Crippen LogP contribution in [0.15, 0.2) is 243 Å². The van der Waals surface area contributed by atoms with E-state index >= 15 is 0 Å². The number of nitrogens with zero attached hydrogens (tertiary/aromatic N) is 2. The predicted molar refractivity (Wildman–Crippen MR) is 284 cm³/mol. The summed E-state index contributed by atoms with van der Waals surface area (Å²) in [5.74, 6) is 0. The molecule has 0 fully saturated rings. The third-order valence-electron chi connectivity index (χ3n) is 14.3. The van der Waals surface area contributed by atoms with Gasteiger partial charge in [-0.1, -0.05) is 196 Å². The summed E-state index contributed by atoms with van der Waals surface area (Å²) in [6.07, 6.45) is 0. The van der Waals surface area contributed by atoms with Crippen molar-refractivity contribution in [1.29, 1.82) is 0 Å².